The first-order valence-electron chi connectivity index (χ1n) is 12.8. The van der Waals surface area contributed by atoms with Gasteiger partial charge in [0.05, 0.1) is 13.2 Å². The lowest BCUT2D eigenvalue weighted by Crippen LogP contribution is -2.48. The molecule has 5 rings (SSSR count). The van der Waals surface area contributed by atoms with Crippen LogP contribution in [0.1, 0.15) is 25.1 Å². The monoisotopic (exact) mass is 506 g/mol. The zero-order chi connectivity index (χ0) is 25.9. The van der Waals surface area contributed by atoms with Gasteiger partial charge in [0.2, 0.25) is 11.9 Å². The molecule has 1 aromatic carbocycles. The van der Waals surface area contributed by atoms with Crippen LogP contribution in [0.4, 0.5) is 28.1 Å². The number of nitrogens with one attached hydrogen (secondary N) is 3. The number of fused-ring (bicyclic) bond motifs is 1. The Kier molecular flexibility index (Phi) is 7.13. The summed E-state index contributed by atoms with van der Waals surface area (Å²) in [5.74, 6) is 1.79. The van der Waals surface area contributed by atoms with E-state index in [2.05, 4.69) is 44.2 Å². The lowest BCUT2D eigenvalue weighted by atomic mass is 10.1. The lowest BCUT2D eigenvalue weighted by molar-refractivity contribution is -0.129. The zero-order valence-corrected chi connectivity index (χ0v) is 21.6. The normalized spacial score (nSPS) is 16.2. The van der Waals surface area contributed by atoms with Crippen molar-refractivity contribution in [3.8, 4) is 0 Å². The zero-order valence-electron chi connectivity index (χ0n) is 21.6. The molecule has 2 fully saturated rings. The third-order valence-corrected chi connectivity index (χ3v) is 7.02. The Bertz CT molecular complexity index is 1290. The molecular weight excluding hydrogens is 472 g/mol. The summed E-state index contributed by atoms with van der Waals surface area (Å²) < 4.78 is 5.48. The number of benzene rings is 1. The van der Waals surface area contributed by atoms with E-state index in [0.717, 1.165) is 28.8 Å². The number of aryl methyl sites for hydroxylation is 2. The number of carbonyl (C=O) groups is 2. The predicted molar refractivity (Wildman–Crippen MR) is 145 cm³/mol. The molecule has 0 unspecified atom stereocenters. The number of morpholine rings is 1. The molecule has 2 aromatic heterocycles. The van der Waals surface area contributed by atoms with Crippen molar-refractivity contribution in [2.24, 2.45) is 0 Å². The highest BCUT2D eigenvalue weighted by Gasteiger charge is 2.23. The molecule has 3 amide bonds. The number of piperazine rings is 1. The maximum atomic E-state index is 13.0. The molecule has 3 N–H and O–H groups in total. The number of hydrogen-bond donors (Lipinski definition) is 3. The van der Waals surface area contributed by atoms with Crippen molar-refractivity contribution in [3.05, 3.63) is 35.5 Å². The molecule has 11 heteroatoms. The summed E-state index contributed by atoms with van der Waals surface area (Å²) in [5, 5.41) is 6.96. The van der Waals surface area contributed by atoms with E-state index in [1.54, 1.807) is 13.0 Å². The number of nitrogens with zero attached hydrogens (tertiary/aromatic N) is 5. The first kappa shape index (κ1) is 24.8. The van der Waals surface area contributed by atoms with E-state index < -0.39 is 0 Å². The van der Waals surface area contributed by atoms with Gasteiger partial charge in [0, 0.05) is 74.5 Å². The van der Waals surface area contributed by atoms with Crippen LogP contribution in [0.5, 0.6) is 0 Å². The molecule has 0 aliphatic carbocycles. The molecule has 2 saturated heterocycles. The molecule has 3 aromatic rings. The number of hydrogen-bond acceptors (Lipinski definition) is 7. The molecule has 37 heavy (non-hydrogen) atoms. The average molecular weight is 507 g/mol. The van der Waals surface area contributed by atoms with E-state index in [0.29, 0.717) is 69.9 Å². The summed E-state index contributed by atoms with van der Waals surface area (Å²) >= 11 is 0. The van der Waals surface area contributed by atoms with Crippen LogP contribution < -0.4 is 20.4 Å². The van der Waals surface area contributed by atoms with E-state index in [1.165, 1.54) is 5.56 Å². The van der Waals surface area contributed by atoms with Gasteiger partial charge in [-0.3, -0.25) is 10.1 Å². The molecule has 2 aliphatic rings. The van der Waals surface area contributed by atoms with Crippen LogP contribution in [0.25, 0.3) is 10.9 Å². The van der Waals surface area contributed by atoms with E-state index in [4.69, 9.17) is 9.72 Å². The quantitative estimate of drug-likeness (QED) is 0.487. The summed E-state index contributed by atoms with van der Waals surface area (Å²) in [6.07, 6.45) is 0.913. The van der Waals surface area contributed by atoms with Gasteiger partial charge in [-0.25, -0.2) is 4.79 Å². The smallest absolute Gasteiger partial charge is 0.324 e. The summed E-state index contributed by atoms with van der Waals surface area (Å²) in [4.78, 5) is 43.6. The molecule has 4 heterocycles. The Hall–Kier alpha value is -3.86. The van der Waals surface area contributed by atoms with Gasteiger partial charge < -0.3 is 29.7 Å². The second-order valence-corrected chi connectivity index (χ2v) is 9.43. The fraction of sp³-hybridized carbons (Fsp3) is 0.462. The molecule has 0 saturated carbocycles. The van der Waals surface area contributed by atoms with Crippen molar-refractivity contribution in [3.63, 3.8) is 0 Å². The van der Waals surface area contributed by atoms with Crippen LogP contribution in [0.3, 0.4) is 0 Å². The van der Waals surface area contributed by atoms with E-state index in [-0.39, 0.29) is 11.9 Å². The van der Waals surface area contributed by atoms with E-state index in [9.17, 15) is 9.59 Å². The van der Waals surface area contributed by atoms with Gasteiger partial charge in [-0.1, -0.05) is 6.92 Å². The topological polar surface area (TPSA) is 119 Å². The molecule has 0 bridgehead atoms. The highest BCUT2D eigenvalue weighted by molar-refractivity contribution is 6.01. The van der Waals surface area contributed by atoms with Crippen molar-refractivity contribution in [1.82, 2.24) is 19.9 Å². The SMILES string of the molecule is CCc1c(C)[nH]c2ccc(NC(=O)Nc3cc(N4CCN(C(C)=O)CC4)nc(N4CCOCC4)n3)cc12. The first-order chi connectivity index (χ1) is 17.9. The minimum atomic E-state index is -0.372. The number of urea groups is 1. The molecule has 0 spiro atoms. The molecule has 0 radical (unpaired) electrons. The second kappa shape index (κ2) is 10.6. The summed E-state index contributed by atoms with van der Waals surface area (Å²) in [6, 6.07) is 7.29. The van der Waals surface area contributed by atoms with E-state index in [1.807, 2.05) is 23.1 Å². The van der Waals surface area contributed by atoms with Gasteiger partial charge in [-0.2, -0.15) is 9.97 Å². The molecule has 11 nitrogen and oxygen atoms in total. The van der Waals surface area contributed by atoms with Crippen LogP contribution in [0.15, 0.2) is 24.3 Å². The Morgan fingerprint density at radius 2 is 1.76 bits per heavy atom. The van der Waals surface area contributed by atoms with Crippen LogP contribution in [-0.4, -0.2) is 84.3 Å². The number of carbonyl (C=O) groups excluding carboxylic acids is 2. The number of rotatable bonds is 5. The third-order valence-electron chi connectivity index (χ3n) is 7.02. The number of aromatic amines is 1. The highest BCUT2D eigenvalue weighted by atomic mass is 16.5. The van der Waals surface area contributed by atoms with Gasteiger partial charge in [0.25, 0.3) is 0 Å². The Morgan fingerprint density at radius 3 is 2.46 bits per heavy atom. The highest BCUT2D eigenvalue weighted by Crippen LogP contribution is 2.26. The first-order valence-corrected chi connectivity index (χ1v) is 12.8. The number of anilines is 4. The maximum Gasteiger partial charge on any atom is 0.324 e. The fourth-order valence-corrected chi connectivity index (χ4v) is 5.00. The van der Waals surface area contributed by atoms with Gasteiger partial charge in [0.15, 0.2) is 0 Å². The largest absolute Gasteiger partial charge is 0.378 e. The summed E-state index contributed by atoms with van der Waals surface area (Å²) in [7, 11) is 0. The fourth-order valence-electron chi connectivity index (χ4n) is 5.00. The standard InChI is InChI=1S/C26H34N8O3/c1-4-20-17(2)27-22-6-5-19(15-21(20)22)28-26(36)30-23-16-24(33-9-7-32(8-10-33)18(3)35)31-25(29-23)34-11-13-37-14-12-34/h5-6,15-16,27H,4,7-14H2,1-3H3,(H2,28,29,30,31,36). The molecule has 0 atom stereocenters. The van der Waals surface area contributed by atoms with Gasteiger partial charge in [0.1, 0.15) is 11.6 Å². The Balaban J connectivity index is 1.35. The predicted octanol–water partition coefficient (Wildman–Crippen LogP) is 2.98. The van der Waals surface area contributed by atoms with Crippen molar-refractivity contribution in [1.29, 1.82) is 0 Å². The number of ether oxygens (including phenoxy) is 1. The lowest BCUT2D eigenvalue weighted by Gasteiger charge is -2.35. The second-order valence-electron chi connectivity index (χ2n) is 9.43. The number of amides is 3. The maximum absolute atomic E-state index is 13.0. The molecule has 2 aliphatic heterocycles. The van der Waals surface area contributed by atoms with Crippen LogP contribution in [0.2, 0.25) is 0 Å². The minimum absolute atomic E-state index is 0.0782. The van der Waals surface area contributed by atoms with Gasteiger partial charge >= 0.3 is 6.03 Å². The Labute approximate surface area is 216 Å². The summed E-state index contributed by atoms with van der Waals surface area (Å²) in [6.45, 7) is 11.0. The van der Waals surface area contributed by atoms with Crippen molar-refractivity contribution < 1.29 is 14.3 Å². The van der Waals surface area contributed by atoms with Crippen molar-refractivity contribution >= 4 is 46.1 Å². The van der Waals surface area contributed by atoms with Gasteiger partial charge in [-0.05, 0) is 37.1 Å². The van der Waals surface area contributed by atoms with Crippen LogP contribution >= 0.6 is 0 Å². The summed E-state index contributed by atoms with van der Waals surface area (Å²) in [5.41, 5.74) is 4.16. The third kappa shape index (κ3) is 5.46. The van der Waals surface area contributed by atoms with E-state index >= 15 is 0 Å². The molecular formula is C26H34N8O3. The number of aromatic nitrogens is 3. The molecule has 196 valence electrons. The minimum Gasteiger partial charge on any atom is -0.378 e. The van der Waals surface area contributed by atoms with Crippen LogP contribution in [0, 0.1) is 6.92 Å². The van der Waals surface area contributed by atoms with Crippen molar-refractivity contribution in [2.45, 2.75) is 27.2 Å². The van der Waals surface area contributed by atoms with Crippen molar-refractivity contribution in [2.75, 3.05) is 72.9 Å². The number of H-pyrrole nitrogens is 1. The van der Waals surface area contributed by atoms with Gasteiger partial charge in [-0.15, -0.1) is 0 Å². The van der Waals surface area contributed by atoms with Crippen LogP contribution in [-0.2, 0) is 16.0 Å². The average Bonchev–Trinajstić information content (AvgIpc) is 3.23. The Morgan fingerprint density at radius 1 is 1.00 bits per heavy atom.